The number of nitrogens with two attached hydrogens (primary N) is 1. The number of benzene rings is 1. The Bertz CT molecular complexity index is 524. The van der Waals surface area contributed by atoms with Crippen molar-refractivity contribution in [1.82, 2.24) is 5.32 Å². The van der Waals surface area contributed by atoms with Crippen LogP contribution < -0.4 is 20.7 Å². The quantitative estimate of drug-likeness (QED) is 0.854. The molecular weight excluding hydrogens is 258 g/mol. The van der Waals surface area contributed by atoms with E-state index in [1.807, 2.05) is 0 Å². The molecule has 108 valence electrons. The van der Waals surface area contributed by atoms with E-state index in [0.29, 0.717) is 17.0 Å². The molecular formula is C14H19N3O3. The predicted molar refractivity (Wildman–Crippen MR) is 75.7 cm³/mol. The number of hydrogen-bond donors (Lipinski definition) is 2. The van der Waals surface area contributed by atoms with E-state index in [1.54, 1.807) is 23.1 Å². The molecule has 1 aliphatic rings. The van der Waals surface area contributed by atoms with E-state index in [-0.39, 0.29) is 12.1 Å². The van der Waals surface area contributed by atoms with Crippen molar-refractivity contribution in [3.63, 3.8) is 0 Å². The van der Waals surface area contributed by atoms with E-state index in [4.69, 9.17) is 10.5 Å². The lowest BCUT2D eigenvalue weighted by Gasteiger charge is -2.29. The van der Waals surface area contributed by atoms with Gasteiger partial charge in [0.15, 0.2) is 0 Å². The van der Waals surface area contributed by atoms with E-state index in [1.165, 1.54) is 14.0 Å². The Hall–Kier alpha value is -2.08. The minimum atomic E-state index is -0.525. The van der Waals surface area contributed by atoms with Gasteiger partial charge in [-0.1, -0.05) is 0 Å². The summed E-state index contributed by atoms with van der Waals surface area (Å²) in [7, 11) is 1.50. The highest BCUT2D eigenvalue weighted by atomic mass is 16.5. The van der Waals surface area contributed by atoms with Gasteiger partial charge in [0.1, 0.15) is 5.75 Å². The molecule has 2 amide bonds. The van der Waals surface area contributed by atoms with Crippen LogP contribution in [0.25, 0.3) is 0 Å². The minimum absolute atomic E-state index is 0.0409. The number of rotatable bonds is 4. The van der Waals surface area contributed by atoms with Crippen LogP contribution in [0.15, 0.2) is 18.2 Å². The Morgan fingerprint density at radius 3 is 2.70 bits per heavy atom. The first kappa shape index (κ1) is 14.3. The van der Waals surface area contributed by atoms with Crippen LogP contribution in [0.3, 0.4) is 0 Å². The largest absolute Gasteiger partial charge is 0.495 e. The fourth-order valence-electron chi connectivity index (χ4n) is 2.47. The number of nitrogens with zero attached hydrogens (tertiary/aromatic N) is 1. The summed E-state index contributed by atoms with van der Waals surface area (Å²) in [6.45, 7) is 2.40. The average Bonchev–Trinajstić information content (AvgIpc) is 2.92. The van der Waals surface area contributed by atoms with E-state index >= 15 is 0 Å². The molecule has 0 radical (unpaired) electrons. The van der Waals surface area contributed by atoms with Crippen LogP contribution in [0.5, 0.6) is 5.75 Å². The van der Waals surface area contributed by atoms with Crippen molar-refractivity contribution in [3.05, 3.63) is 23.8 Å². The maximum Gasteiger partial charge on any atom is 0.248 e. The highest BCUT2D eigenvalue weighted by Crippen LogP contribution is 2.32. The summed E-state index contributed by atoms with van der Waals surface area (Å²) in [5, 5.41) is 3.28. The van der Waals surface area contributed by atoms with Gasteiger partial charge in [0.2, 0.25) is 11.8 Å². The molecule has 1 unspecified atom stereocenters. The zero-order valence-corrected chi connectivity index (χ0v) is 11.7. The number of nitrogens with one attached hydrogen (secondary N) is 1. The van der Waals surface area contributed by atoms with E-state index in [9.17, 15) is 9.59 Å². The van der Waals surface area contributed by atoms with Crippen molar-refractivity contribution < 1.29 is 14.3 Å². The number of primary amides is 1. The van der Waals surface area contributed by atoms with Crippen LogP contribution in [0.2, 0.25) is 0 Å². The fourth-order valence-corrected chi connectivity index (χ4v) is 2.47. The summed E-state index contributed by atoms with van der Waals surface area (Å²) in [5.41, 5.74) is 6.26. The highest BCUT2D eigenvalue weighted by Gasteiger charge is 2.27. The highest BCUT2D eigenvalue weighted by molar-refractivity contribution is 5.97. The summed E-state index contributed by atoms with van der Waals surface area (Å²) in [4.78, 5) is 24.8. The molecule has 6 nitrogen and oxygen atoms in total. The van der Waals surface area contributed by atoms with E-state index in [2.05, 4.69) is 5.32 Å². The summed E-state index contributed by atoms with van der Waals surface area (Å²) in [5.74, 6) is -0.136. The van der Waals surface area contributed by atoms with Crippen molar-refractivity contribution in [2.75, 3.05) is 18.6 Å². The molecule has 1 aliphatic heterocycles. The second-order valence-corrected chi connectivity index (χ2v) is 4.75. The third kappa shape index (κ3) is 2.75. The molecule has 6 heteroatoms. The van der Waals surface area contributed by atoms with Gasteiger partial charge in [0, 0.05) is 12.5 Å². The SMILES string of the molecule is COc1cc(C(N)=O)ccc1N(C(C)=O)C1CCCN1. The second kappa shape index (κ2) is 5.92. The fraction of sp³-hybridized carbons (Fsp3) is 0.429. The van der Waals surface area contributed by atoms with Crippen LogP contribution >= 0.6 is 0 Å². The van der Waals surface area contributed by atoms with E-state index < -0.39 is 5.91 Å². The van der Waals surface area contributed by atoms with Crippen LogP contribution in [-0.2, 0) is 4.79 Å². The number of hydrogen-bond acceptors (Lipinski definition) is 4. The van der Waals surface area contributed by atoms with Gasteiger partial charge in [-0.3, -0.25) is 19.8 Å². The lowest BCUT2D eigenvalue weighted by Crippen LogP contribution is -2.45. The average molecular weight is 277 g/mol. The van der Waals surface area contributed by atoms with Crippen LogP contribution in [0, 0.1) is 0 Å². The van der Waals surface area contributed by atoms with Gasteiger partial charge in [-0.05, 0) is 37.6 Å². The van der Waals surface area contributed by atoms with Crippen molar-refractivity contribution >= 4 is 17.5 Å². The lowest BCUT2D eigenvalue weighted by atomic mass is 10.1. The van der Waals surface area contributed by atoms with Crippen LogP contribution in [0.1, 0.15) is 30.1 Å². The third-order valence-corrected chi connectivity index (χ3v) is 3.41. The monoisotopic (exact) mass is 277 g/mol. The van der Waals surface area contributed by atoms with Crippen molar-refractivity contribution in [2.45, 2.75) is 25.9 Å². The van der Waals surface area contributed by atoms with Gasteiger partial charge < -0.3 is 10.5 Å². The zero-order chi connectivity index (χ0) is 14.7. The second-order valence-electron chi connectivity index (χ2n) is 4.75. The van der Waals surface area contributed by atoms with Gasteiger partial charge in [-0.2, -0.15) is 0 Å². The Kier molecular flexibility index (Phi) is 4.24. The van der Waals surface area contributed by atoms with Crippen molar-refractivity contribution in [1.29, 1.82) is 0 Å². The number of carbonyl (C=O) groups excluding carboxylic acids is 2. The molecule has 3 N–H and O–H groups in total. The molecule has 0 bridgehead atoms. The molecule has 1 heterocycles. The Labute approximate surface area is 117 Å². The maximum absolute atomic E-state index is 12.0. The summed E-state index contributed by atoms with van der Waals surface area (Å²) in [6.07, 6.45) is 1.87. The van der Waals surface area contributed by atoms with Gasteiger partial charge in [-0.15, -0.1) is 0 Å². The van der Waals surface area contributed by atoms with Crippen molar-refractivity contribution in [2.24, 2.45) is 5.73 Å². The molecule has 0 spiro atoms. The molecule has 1 fully saturated rings. The number of amides is 2. The molecule has 0 saturated carbocycles. The van der Waals surface area contributed by atoms with Crippen LogP contribution in [-0.4, -0.2) is 31.6 Å². The molecule has 1 atom stereocenters. The molecule has 1 saturated heterocycles. The third-order valence-electron chi connectivity index (χ3n) is 3.41. The lowest BCUT2D eigenvalue weighted by molar-refractivity contribution is -0.117. The summed E-state index contributed by atoms with van der Waals surface area (Å²) >= 11 is 0. The number of carbonyl (C=O) groups is 2. The smallest absolute Gasteiger partial charge is 0.248 e. The molecule has 1 aromatic rings. The number of methoxy groups -OCH3 is 1. The van der Waals surface area contributed by atoms with Crippen LogP contribution in [0.4, 0.5) is 5.69 Å². The van der Waals surface area contributed by atoms with Gasteiger partial charge in [0.25, 0.3) is 0 Å². The molecule has 20 heavy (non-hydrogen) atoms. The topological polar surface area (TPSA) is 84.7 Å². The molecule has 0 aliphatic carbocycles. The Balaban J connectivity index is 2.42. The molecule has 1 aromatic carbocycles. The zero-order valence-electron chi connectivity index (χ0n) is 11.7. The van der Waals surface area contributed by atoms with Gasteiger partial charge >= 0.3 is 0 Å². The van der Waals surface area contributed by atoms with E-state index in [0.717, 1.165) is 19.4 Å². The first-order valence-corrected chi connectivity index (χ1v) is 6.55. The van der Waals surface area contributed by atoms with Crippen molar-refractivity contribution in [3.8, 4) is 5.75 Å². The standard InChI is InChI=1S/C14H19N3O3/c1-9(18)17(13-4-3-7-16-13)11-6-5-10(14(15)19)8-12(11)20-2/h5-6,8,13,16H,3-4,7H2,1-2H3,(H2,15,19). The summed E-state index contributed by atoms with van der Waals surface area (Å²) < 4.78 is 5.30. The first-order valence-electron chi connectivity index (χ1n) is 6.55. The number of ether oxygens (including phenoxy) is 1. The Morgan fingerprint density at radius 1 is 1.45 bits per heavy atom. The van der Waals surface area contributed by atoms with Gasteiger partial charge in [-0.25, -0.2) is 0 Å². The molecule has 2 rings (SSSR count). The normalized spacial score (nSPS) is 17.8. The maximum atomic E-state index is 12.0. The minimum Gasteiger partial charge on any atom is -0.495 e. The predicted octanol–water partition coefficient (Wildman–Crippen LogP) is 0.856. The summed E-state index contributed by atoms with van der Waals surface area (Å²) in [6, 6.07) is 4.86. The molecule has 0 aromatic heterocycles. The number of anilines is 1. The van der Waals surface area contributed by atoms with Gasteiger partial charge in [0.05, 0.1) is 19.0 Å². The first-order chi connectivity index (χ1) is 9.54. The Morgan fingerprint density at radius 2 is 2.20 bits per heavy atom.